The lowest BCUT2D eigenvalue weighted by atomic mass is 10.0. The highest BCUT2D eigenvalue weighted by atomic mass is 32.2. The van der Waals surface area contributed by atoms with Gasteiger partial charge in [0.1, 0.15) is 5.88 Å². The minimum Gasteiger partial charge on any atom is -0.320 e. The van der Waals surface area contributed by atoms with Gasteiger partial charge < -0.3 is 4.90 Å². The van der Waals surface area contributed by atoms with Gasteiger partial charge in [-0.05, 0) is 29.7 Å². The number of amides is 1. The number of carbonyl (C=O) groups is 1. The molecule has 120 valence electrons. The average Bonchev–Trinajstić information content (AvgIpc) is 2.90. The summed E-state index contributed by atoms with van der Waals surface area (Å²) < 4.78 is 23.6. The van der Waals surface area contributed by atoms with Crippen LogP contribution in [0, 0.1) is 0 Å². The Labute approximate surface area is 136 Å². The number of nitrogens with zero attached hydrogens (tertiary/aromatic N) is 1. The molecule has 0 aromatic heterocycles. The van der Waals surface area contributed by atoms with Crippen LogP contribution in [0.2, 0.25) is 0 Å². The molecule has 1 aliphatic heterocycles. The largest absolute Gasteiger partial charge is 0.320 e. The van der Waals surface area contributed by atoms with Gasteiger partial charge in [-0.1, -0.05) is 49.4 Å². The molecule has 0 spiro atoms. The molecule has 0 N–H and O–H groups in total. The van der Waals surface area contributed by atoms with Crippen molar-refractivity contribution in [2.75, 3.05) is 11.6 Å². The molecular formula is C18H19NO3S. The standard InChI is InChI=1S/C18H19NO3S/c1-2-17-12-23(21,22)13-19(17)18(20)16-10-8-15(9-11-16)14-6-4-3-5-7-14/h3-11,17H,2,12-13H2,1H3. The molecule has 0 radical (unpaired) electrons. The topological polar surface area (TPSA) is 54.5 Å². The van der Waals surface area contributed by atoms with E-state index in [4.69, 9.17) is 0 Å². The molecule has 0 aliphatic carbocycles. The fourth-order valence-corrected chi connectivity index (χ4v) is 4.78. The molecule has 1 unspecified atom stereocenters. The van der Waals surface area contributed by atoms with Crippen molar-refractivity contribution >= 4 is 15.7 Å². The van der Waals surface area contributed by atoms with E-state index in [1.165, 1.54) is 4.90 Å². The van der Waals surface area contributed by atoms with E-state index in [1.807, 2.05) is 49.4 Å². The zero-order chi connectivity index (χ0) is 16.4. The van der Waals surface area contributed by atoms with Crippen molar-refractivity contribution in [3.8, 4) is 11.1 Å². The van der Waals surface area contributed by atoms with E-state index in [9.17, 15) is 13.2 Å². The summed E-state index contributed by atoms with van der Waals surface area (Å²) in [6.07, 6.45) is 0.646. The Balaban J connectivity index is 1.83. The van der Waals surface area contributed by atoms with E-state index >= 15 is 0 Å². The highest BCUT2D eigenvalue weighted by Gasteiger charge is 2.37. The Bertz CT molecular complexity index is 798. The van der Waals surface area contributed by atoms with Gasteiger partial charge >= 0.3 is 0 Å². The summed E-state index contributed by atoms with van der Waals surface area (Å²) in [4.78, 5) is 14.1. The molecule has 1 fully saturated rings. The van der Waals surface area contributed by atoms with Gasteiger partial charge in [-0.2, -0.15) is 0 Å². The summed E-state index contributed by atoms with van der Waals surface area (Å²) in [5.74, 6) is -0.320. The Morgan fingerprint density at radius 3 is 2.26 bits per heavy atom. The van der Waals surface area contributed by atoms with Gasteiger partial charge in [0.05, 0.1) is 5.75 Å². The van der Waals surface area contributed by atoms with Gasteiger partial charge in [0.25, 0.3) is 5.91 Å². The van der Waals surface area contributed by atoms with Gasteiger partial charge in [-0.15, -0.1) is 0 Å². The zero-order valence-corrected chi connectivity index (χ0v) is 13.8. The quantitative estimate of drug-likeness (QED) is 0.870. The first-order valence-corrected chi connectivity index (χ1v) is 9.49. The molecular weight excluding hydrogens is 310 g/mol. The smallest absolute Gasteiger partial charge is 0.254 e. The van der Waals surface area contributed by atoms with Crippen LogP contribution in [0.15, 0.2) is 54.6 Å². The zero-order valence-electron chi connectivity index (χ0n) is 13.0. The van der Waals surface area contributed by atoms with Crippen molar-refractivity contribution in [3.63, 3.8) is 0 Å². The highest BCUT2D eigenvalue weighted by molar-refractivity contribution is 7.91. The first-order valence-electron chi connectivity index (χ1n) is 7.67. The fourth-order valence-electron chi connectivity index (χ4n) is 2.92. The van der Waals surface area contributed by atoms with E-state index < -0.39 is 9.84 Å². The third kappa shape index (κ3) is 3.29. The molecule has 1 heterocycles. The predicted molar refractivity (Wildman–Crippen MR) is 90.8 cm³/mol. The van der Waals surface area contributed by atoms with E-state index in [2.05, 4.69) is 0 Å². The van der Waals surface area contributed by atoms with Gasteiger partial charge in [-0.3, -0.25) is 4.79 Å². The monoisotopic (exact) mass is 329 g/mol. The minimum atomic E-state index is -3.16. The molecule has 3 rings (SSSR count). The summed E-state index contributed by atoms with van der Waals surface area (Å²) >= 11 is 0. The Morgan fingerprint density at radius 2 is 1.65 bits per heavy atom. The van der Waals surface area contributed by atoms with Crippen LogP contribution in [0.5, 0.6) is 0 Å². The van der Waals surface area contributed by atoms with Gasteiger partial charge in [0, 0.05) is 11.6 Å². The fraction of sp³-hybridized carbons (Fsp3) is 0.278. The third-order valence-electron chi connectivity index (χ3n) is 4.19. The molecule has 1 atom stereocenters. The molecule has 4 nitrogen and oxygen atoms in total. The number of benzene rings is 2. The minimum absolute atomic E-state index is 0.0668. The van der Waals surface area contributed by atoms with Crippen molar-refractivity contribution in [2.45, 2.75) is 19.4 Å². The predicted octanol–water partition coefficient (Wildman–Crippen LogP) is 2.96. The maximum atomic E-state index is 12.6. The van der Waals surface area contributed by atoms with Crippen molar-refractivity contribution in [2.24, 2.45) is 0 Å². The summed E-state index contributed by atoms with van der Waals surface area (Å²) in [7, 11) is -3.16. The SMILES string of the molecule is CCC1CS(=O)(=O)CN1C(=O)c1ccc(-c2ccccc2)cc1. The molecule has 2 aromatic rings. The molecule has 0 saturated carbocycles. The number of rotatable bonds is 3. The summed E-state index contributed by atoms with van der Waals surface area (Å²) in [5.41, 5.74) is 2.64. The molecule has 2 aromatic carbocycles. The number of hydrogen-bond donors (Lipinski definition) is 0. The first kappa shape index (κ1) is 15.7. The molecule has 23 heavy (non-hydrogen) atoms. The van der Waals surface area contributed by atoms with E-state index in [-0.39, 0.29) is 23.6 Å². The summed E-state index contributed by atoms with van der Waals surface area (Å²) in [5, 5.41) is 0. The number of hydrogen-bond acceptors (Lipinski definition) is 3. The van der Waals surface area contributed by atoms with Crippen molar-refractivity contribution in [1.29, 1.82) is 0 Å². The van der Waals surface area contributed by atoms with Crippen molar-refractivity contribution in [1.82, 2.24) is 4.90 Å². The van der Waals surface area contributed by atoms with Crippen LogP contribution in [-0.2, 0) is 9.84 Å². The lowest BCUT2D eigenvalue weighted by Gasteiger charge is -2.21. The van der Waals surface area contributed by atoms with Crippen LogP contribution >= 0.6 is 0 Å². The van der Waals surface area contributed by atoms with Gasteiger partial charge in [0.2, 0.25) is 0 Å². The average molecular weight is 329 g/mol. The lowest BCUT2D eigenvalue weighted by Crippen LogP contribution is -2.36. The third-order valence-corrected chi connectivity index (χ3v) is 5.76. The van der Waals surface area contributed by atoms with E-state index in [0.29, 0.717) is 12.0 Å². The van der Waals surface area contributed by atoms with Crippen LogP contribution < -0.4 is 0 Å². The normalized spacial score (nSPS) is 19.7. The second-order valence-corrected chi connectivity index (χ2v) is 7.90. The molecule has 0 bridgehead atoms. The molecule has 1 aliphatic rings. The van der Waals surface area contributed by atoms with Gasteiger partial charge in [0.15, 0.2) is 9.84 Å². The van der Waals surface area contributed by atoms with E-state index in [0.717, 1.165) is 11.1 Å². The summed E-state index contributed by atoms with van der Waals surface area (Å²) in [6, 6.07) is 17.0. The highest BCUT2D eigenvalue weighted by Crippen LogP contribution is 2.23. The maximum absolute atomic E-state index is 12.6. The van der Waals surface area contributed by atoms with E-state index in [1.54, 1.807) is 12.1 Å². The number of sulfone groups is 1. The first-order chi connectivity index (χ1) is 11.0. The molecule has 5 heteroatoms. The Kier molecular flexibility index (Phi) is 4.22. The van der Waals surface area contributed by atoms with Crippen LogP contribution in [0.3, 0.4) is 0 Å². The molecule has 1 saturated heterocycles. The van der Waals surface area contributed by atoms with Crippen LogP contribution in [0.25, 0.3) is 11.1 Å². The van der Waals surface area contributed by atoms with Crippen LogP contribution in [0.1, 0.15) is 23.7 Å². The van der Waals surface area contributed by atoms with Gasteiger partial charge in [-0.25, -0.2) is 8.42 Å². The second-order valence-electron chi connectivity index (χ2n) is 5.82. The van der Waals surface area contributed by atoms with Crippen LogP contribution in [0.4, 0.5) is 0 Å². The second kappa shape index (κ2) is 6.16. The molecule has 1 amide bonds. The number of carbonyl (C=O) groups excluding carboxylic acids is 1. The Hall–Kier alpha value is -2.14. The van der Waals surface area contributed by atoms with Crippen LogP contribution in [-0.4, -0.2) is 36.9 Å². The summed E-state index contributed by atoms with van der Waals surface area (Å²) in [6.45, 7) is 1.91. The Morgan fingerprint density at radius 1 is 1.04 bits per heavy atom. The maximum Gasteiger partial charge on any atom is 0.254 e. The van der Waals surface area contributed by atoms with Crippen molar-refractivity contribution in [3.05, 3.63) is 60.2 Å². The lowest BCUT2D eigenvalue weighted by molar-refractivity contribution is 0.0744. The van der Waals surface area contributed by atoms with Crippen molar-refractivity contribution < 1.29 is 13.2 Å².